The zero-order chi connectivity index (χ0) is 48.3. The van der Waals surface area contributed by atoms with E-state index < -0.39 is 113 Å². The summed E-state index contributed by atoms with van der Waals surface area (Å²) in [5, 5.41) is -2.60. The molecule has 0 fully saturated rings. The van der Waals surface area contributed by atoms with Gasteiger partial charge in [0.25, 0.3) is 0 Å². The Morgan fingerprint density at radius 3 is 0.610 bits per heavy atom. The minimum Gasteiger partial charge on any atom is -0.393 e. The third-order valence-electron chi connectivity index (χ3n) is 6.39. The highest BCUT2D eigenvalue weighted by Crippen LogP contribution is 2.66. The second kappa shape index (κ2) is 13.8. The maximum Gasteiger partial charge on any atom is 0.473 e. The first kappa shape index (κ1) is 53.5. The van der Waals surface area contributed by atoms with Crippen LogP contribution in [0.1, 0.15) is 0 Å². The van der Waals surface area contributed by atoms with E-state index in [2.05, 4.69) is 21.1 Å². The summed E-state index contributed by atoms with van der Waals surface area (Å²) in [4.78, 5) is 4.91. The van der Waals surface area contributed by atoms with E-state index in [0.29, 0.717) is 0 Å². The van der Waals surface area contributed by atoms with Crippen molar-refractivity contribution in [2.45, 2.75) is 95.6 Å². The van der Waals surface area contributed by atoms with E-state index in [-0.39, 0.29) is 0 Å². The summed E-state index contributed by atoms with van der Waals surface area (Å²) in [7, 11) is 0. The summed E-state index contributed by atoms with van der Waals surface area (Å²) >= 11 is 4.63. The maximum absolute atomic E-state index is 14.0. The largest absolute Gasteiger partial charge is 0.473 e. The van der Waals surface area contributed by atoms with Crippen LogP contribution in [0.25, 0.3) is 0 Å². The van der Waals surface area contributed by atoms with Gasteiger partial charge in [-0.05, 0) is 11.6 Å². The second-order valence-corrected chi connectivity index (χ2v) is 10.6. The molecule has 0 atom stereocenters. The van der Waals surface area contributed by atoms with Gasteiger partial charge in [0, 0.05) is 0 Å². The van der Waals surface area contributed by atoms with Gasteiger partial charge in [0.2, 0.25) is 5.28 Å². The van der Waals surface area contributed by atoms with Crippen molar-refractivity contribution >= 4 is 11.6 Å². The molecule has 0 aliphatic rings. The highest BCUT2D eigenvalue weighted by Gasteiger charge is 2.97. The SMILES string of the molecule is FC(F)(F)C(F)(F)C(F)(F)C(F)(F)C(F)(F)C(F)(F)C(F)(F)C(F)(F)Oc1nc(Cl)nc(OC(F)(F)C(F)(F)C(F)(F)C(F)(F)C(F)(F)C(F)(F)C(F)(F)C(F)(F)F)n1. The Kier molecular flexibility index (Phi) is 12.5. The van der Waals surface area contributed by atoms with Gasteiger partial charge in [-0.25, -0.2) is 0 Å². The number of hydrogen-bond acceptors (Lipinski definition) is 5. The molecule has 0 bridgehead atoms. The predicted molar refractivity (Wildman–Crippen MR) is 107 cm³/mol. The van der Waals surface area contributed by atoms with Crippen LogP contribution >= 0.6 is 11.6 Å². The molecular weight excluding hydrogens is 984 g/mol. The molecule has 40 heteroatoms. The Hall–Kier alpha value is -3.48. The monoisotopic (exact) mass is 983 g/mol. The van der Waals surface area contributed by atoms with Crippen LogP contribution in [0.3, 0.4) is 0 Å². The van der Waals surface area contributed by atoms with Crippen molar-refractivity contribution in [1.29, 1.82) is 0 Å². The topological polar surface area (TPSA) is 57.1 Å². The summed E-state index contributed by atoms with van der Waals surface area (Å²) < 4.78 is 458. The van der Waals surface area contributed by atoms with Crippen molar-refractivity contribution in [2.24, 2.45) is 0 Å². The molecular formula is C19ClF34N3O2. The lowest BCUT2D eigenvalue weighted by Gasteiger charge is -2.42. The maximum atomic E-state index is 14.0. The summed E-state index contributed by atoms with van der Waals surface area (Å²) in [6, 6.07) is -7.14. The zero-order valence-corrected chi connectivity index (χ0v) is 25.6. The van der Waals surface area contributed by atoms with Gasteiger partial charge < -0.3 is 9.47 Å². The van der Waals surface area contributed by atoms with Gasteiger partial charge in [-0.1, -0.05) is 0 Å². The van der Waals surface area contributed by atoms with E-state index in [9.17, 15) is 149 Å². The number of rotatable bonds is 16. The highest BCUT2D eigenvalue weighted by molar-refractivity contribution is 6.28. The molecule has 1 aromatic rings. The fourth-order valence-electron chi connectivity index (χ4n) is 3.06. The summed E-state index contributed by atoms with van der Waals surface area (Å²) in [5.74, 6) is -108. The second-order valence-electron chi connectivity index (χ2n) is 10.3. The predicted octanol–water partition coefficient (Wildman–Crippen LogP) is 11.2. The Bertz CT molecular complexity index is 1580. The van der Waals surface area contributed by atoms with Crippen molar-refractivity contribution in [3.8, 4) is 12.0 Å². The number of nitrogens with zero attached hydrogens (tertiary/aromatic N) is 3. The van der Waals surface area contributed by atoms with E-state index >= 15 is 0 Å². The highest BCUT2D eigenvalue weighted by atomic mass is 35.5. The molecule has 0 saturated carbocycles. The fraction of sp³-hybridized carbons (Fsp3) is 0.842. The summed E-state index contributed by atoms with van der Waals surface area (Å²) in [5.41, 5.74) is 0. The number of aromatic nitrogens is 3. The molecule has 0 aliphatic heterocycles. The molecule has 0 amide bonds. The van der Waals surface area contributed by atoms with E-state index in [0.717, 1.165) is 0 Å². The van der Waals surface area contributed by atoms with Crippen molar-refractivity contribution in [3.05, 3.63) is 5.28 Å². The lowest BCUT2D eigenvalue weighted by molar-refractivity contribution is -0.472. The number of hydrogen-bond donors (Lipinski definition) is 0. The standard InChI is InChI=1S/C19ClF34N3O2/c20-1-55-2(58-18(51,52)14(41,42)10(33,34)6(25,26)4(21,22)8(29,30)12(37,38)16(45,46)47)57-3(56-1)59-19(53,54)15(43,44)11(35,36)7(27,28)5(23,24)9(31,32)13(39,40)17(48,49)50. The first-order chi connectivity index (χ1) is 25.1. The van der Waals surface area contributed by atoms with E-state index in [1.165, 1.54) is 4.98 Å². The number of ether oxygens (including phenoxy) is 2. The molecule has 348 valence electrons. The molecule has 0 unspecified atom stereocenters. The molecule has 1 aromatic heterocycles. The number of alkyl halides is 34. The molecule has 0 aromatic carbocycles. The average Bonchev–Trinajstić information content (AvgIpc) is 2.97. The molecule has 5 nitrogen and oxygen atoms in total. The Morgan fingerprint density at radius 2 is 0.424 bits per heavy atom. The van der Waals surface area contributed by atoms with Crippen LogP contribution in [0.5, 0.6) is 12.0 Å². The van der Waals surface area contributed by atoms with Crippen molar-refractivity contribution in [3.63, 3.8) is 0 Å². The molecule has 1 heterocycles. The molecule has 1 rings (SSSR count). The Balaban J connectivity index is 3.79. The minimum atomic E-state index is -9.30. The van der Waals surface area contributed by atoms with Crippen molar-refractivity contribution in [1.82, 2.24) is 15.0 Å². The van der Waals surface area contributed by atoms with Gasteiger partial charge in [0.15, 0.2) is 0 Å². The van der Waals surface area contributed by atoms with E-state index in [1.807, 2.05) is 0 Å². The van der Waals surface area contributed by atoms with E-state index in [1.54, 1.807) is 9.97 Å². The van der Waals surface area contributed by atoms with E-state index in [4.69, 9.17) is 0 Å². The van der Waals surface area contributed by atoms with Crippen LogP contribution in [-0.2, 0) is 0 Å². The third-order valence-corrected chi connectivity index (χ3v) is 6.56. The lowest BCUT2D eigenvalue weighted by Crippen LogP contribution is -2.75. The fourth-order valence-corrected chi connectivity index (χ4v) is 3.21. The molecule has 0 saturated heterocycles. The average molecular weight is 984 g/mol. The first-order valence-corrected chi connectivity index (χ1v) is 12.7. The minimum absolute atomic E-state index is 1.39. The van der Waals surface area contributed by atoms with Crippen LogP contribution in [0.15, 0.2) is 0 Å². The van der Waals surface area contributed by atoms with Crippen LogP contribution < -0.4 is 9.47 Å². The first-order valence-electron chi connectivity index (χ1n) is 12.3. The quantitative estimate of drug-likeness (QED) is 0.155. The molecule has 0 spiro atoms. The van der Waals surface area contributed by atoms with Crippen LogP contribution in [0, 0.1) is 0 Å². The van der Waals surface area contributed by atoms with Gasteiger partial charge in [-0.2, -0.15) is 159 Å². The Labute approximate surface area is 299 Å². The van der Waals surface area contributed by atoms with Gasteiger partial charge in [0.05, 0.1) is 0 Å². The van der Waals surface area contributed by atoms with Crippen molar-refractivity contribution in [2.75, 3.05) is 0 Å². The number of halogens is 35. The molecule has 0 N–H and O–H groups in total. The molecule has 59 heavy (non-hydrogen) atoms. The van der Waals surface area contributed by atoms with Crippen LogP contribution in [0.2, 0.25) is 5.28 Å². The zero-order valence-electron chi connectivity index (χ0n) is 24.9. The van der Waals surface area contributed by atoms with Crippen LogP contribution in [-0.4, -0.2) is 111 Å². The third kappa shape index (κ3) is 7.20. The normalized spacial score (nSPS) is 16.4. The smallest absolute Gasteiger partial charge is 0.393 e. The molecule has 0 aliphatic carbocycles. The lowest BCUT2D eigenvalue weighted by atomic mass is 9.90. The van der Waals surface area contributed by atoms with Gasteiger partial charge in [-0.3, -0.25) is 0 Å². The molecule has 0 radical (unpaired) electrons. The summed E-state index contributed by atoms with van der Waals surface area (Å²) in [6.45, 7) is 0. The summed E-state index contributed by atoms with van der Waals surface area (Å²) in [6.07, 6.45) is -32.6. The van der Waals surface area contributed by atoms with Gasteiger partial charge in [-0.15, -0.1) is 4.98 Å². The Morgan fingerprint density at radius 1 is 0.254 bits per heavy atom. The van der Waals surface area contributed by atoms with Gasteiger partial charge >= 0.3 is 108 Å². The van der Waals surface area contributed by atoms with Gasteiger partial charge in [0.1, 0.15) is 0 Å². The van der Waals surface area contributed by atoms with Crippen LogP contribution in [0.4, 0.5) is 149 Å². The van der Waals surface area contributed by atoms with Crippen molar-refractivity contribution < 1.29 is 159 Å².